The SMILES string of the molecule is CCCc1cc(C(=O)c2ccccc2)cc(Cl)n1. The lowest BCUT2D eigenvalue weighted by Crippen LogP contribution is -2.03. The third-order valence-electron chi connectivity index (χ3n) is 2.65. The molecule has 0 saturated heterocycles. The van der Waals surface area contributed by atoms with E-state index in [1.165, 1.54) is 0 Å². The first-order valence-electron chi connectivity index (χ1n) is 5.97. The van der Waals surface area contributed by atoms with Crippen molar-refractivity contribution in [2.45, 2.75) is 19.8 Å². The van der Waals surface area contributed by atoms with Crippen molar-refractivity contribution in [3.8, 4) is 0 Å². The number of nitrogens with zero attached hydrogens (tertiary/aromatic N) is 1. The number of carbonyl (C=O) groups is 1. The Hall–Kier alpha value is -1.67. The molecular weight excluding hydrogens is 246 g/mol. The molecule has 18 heavy (non-hydrogen) atoms. The Morgan fingerprint density at radius 3 is 2.56 bits per heavy atom. The van der Waals surface area contributed by atoms with Gasteiger partial charge in [-0.05, 0) is 18.6 Å². The van der Waals surface area contributed by atoms with Crippen molar-refractivity contribution in [1.29, 1.82) is 0 Å². The van der Waals surface area contributed by atoms with Gasteiger partial charge in [0.25, 0.3) is 0 Å². The lowest BCUT2D eigenvalue weighted by atomic mass is 10.0. The third kappa shape index (κ3) is 2.96. The van der Waals surface area contributed by atoms with Crippen LogP contribution in [-0.2, 0) is 6.42 Å². The quantitative estimate of drug-likeness (QED) is 0.615. The normalized spacial score (nSPS) is 10.3. The number of pyridine rings is 1. The molecule has 0 amide bonds. The minimum Gasteiger partial charge on any atom is -0.289 e. The summed E-state index contributed by atoms with van der Waals surface area (Å²) in [4.78, 5) is 16.5. The number of carbonyl (C=O) groups excluding carboxylic acids is 1. The zero-order chi connectivity index (χ0) is 13.0. The van der Waals surface area contributed by atoms with Crippen LogP contribution >= 0.6 is 11.6 Å². The van der Waals surface area contributed by atoms with E-state index in [1.807, 2.05) is 24.3 Å². The summed E-state index contributed by atoms with van der Waals surface area (Å²) in [6.45, 7) is 2.07. The summed E-state index contributed by atoms with van der Waals surface area (Å²) in [5.74, 6) is -0.0164. The molecule has 1 aromatic heterocycles. The van der Waals surface area contributed by atoms with Crippen LogP contribution in [-0.4, -0.2) is 10.8 Å². The summed E-state index contributed by atoms with van der Waals surface area (Å²) in [6.07, 6.45) is 1.81. The molecule has 0 fully saturated rings. The molecule has 0 aliphatic heterocycles. The summed E-state index contributed by atoms with van der Waals surface area (Å²) in [5, 5.41) is 0.375. The molecule has 1 heterocycles. The van der Waals surface area contributed by atoms with Crippen LogP contribution in [0.5, 0.6) is 0 Å². The van der Waals surface area contributed by atoms with Crippen molar-refractivity contribution in [1.82, 2.24) is 4.98 Å². The molecule has 0 bridgehead atoms. The van der Waals surface area contributed by atoms with Gasteiger partial charge < -0.3 is 0 Å². The monoisotopic (exact) mass is 259 g/mol. The maximum absolute atomic E-state index is 12.3. The summed E-state index contributed by atoms with van der Waals surface area (Å²) in [6, 6.07) is 12.6. The molecule has 0 N–H and O–H groups in total. The number of rotatable bonds is 4. The molecule has 1 aromatic carbocycles. The Labute approximate surface area is 112 Å². The number of aromatic nitrogens is 1. The molecule has 92 valence electrons. The number of hydrogen-bond acceptors (Lipinski definition) is 2. The molecule has 0 radical (unpaired) electrons. The highest BCUT2D eigenvalue weighted by molar-refractivity contribution is 6.30. The van der Waals surface area contributed by atoms with Gasteiger partial charge in [-0.2, -0.15) is 0 Å². The first-order valence-corrected chi connectivity index (χ1v) is 6.34. The second-order valence-electron chi connectivity index (χ2n) is 4.12. The number of benzene rings is 1. The van der Waals surface area contributed by atoms with Gasteiger partial charge in [-0.1, -0.05) is 55.3 Å². The Balaban J connectivity index is 2.36. The number of halogens is 1. The van der Waals surface area contributed by atoms with Gasteiger partial charge in [-0.15, -0.1) is 0 Å². The van der Waals surface area contributed by atoms with Crippen molar-refractivity contribution in [3.05, 3.63) is 64.4 Å². The first-order chi connectivity index (χ1) is 8.70. The van der Waals surface area contributed by atoms with Gasteiger partial charge in [-0.25, -0.2) is 4.98 Å². The van der Waals surface area contributed by atoms with Gasteiger partial charge in [0.15, 0.2) is 5.78 Å². The second kappa shape index (κ2) is 5.78. The zero-order valence-electron chi connectivity index (χ0n) is 10.2. The minimum absolute atomic E-state index is 0.0164. The van der Waals surface area contributed by atoms with Gasteiger partial charge in [0.1, 0.15) is 5.15 Å². The molecule has 0 aliphatic rings. The lowest BCUT2D eigenvalue weighted by molar-refractivity contribution is 0.103. The standard InChI is InChI=1S/C15H14ClNO/c1-2-6-13-9-12(10-14(16)17-13)15(18)11-7-4-3-5-8-11/h3-5,7-10H,2,6H2,1H3. The maximum Gasteiger partial charge on any atom is 0.193 e. The Bertz CT molecular complexity index is 552. The molecule has 3 heteroatoms. The van der Waals surface area contributed by atoms with Crippen molar-refractivity contribution < 1.29 is 4.79 Å². The molecule has 0 unspecified atom stereocenters. The molecular formula is C15H14ClNO. The molecule has 2 rings (SSSR count). The second-order valence-corrected chi connectivity index (χ2v) is 4.50. The topological polar surface area (TPSA) is 30.0 Å². The van der Waals surface area contributed by atoms with Crippen LogP contribution in [0.25, 0.3) is 0 Å². The van der Waals surface area contributed by atoms with E-state index in [0.29, 0.717) is 16.3 Å². The predicted octanol–water partition coefficient (Wildman–Crippen LogP) is 3.92. The van der Waals surface area contributed by atoms with Gasteiger partial charge in [0.05, 0.1) is 0 Å². The van der Waals surface area contributed by atoms with E-state index in [2.05, 4.69) is 11.9 Å². The average Bonchev–Trinajstić information content (AvgIpc) is 2.38. The highest BCUT2D eigenvalue weighted by Crippen LogP contribution is 2.16. The molecule has 2 nitrogen and oxygen atoms in total. The van der Waals surface area contributed by atoms with Crippen LogP contribution < -0.4 is 0 Å². The summed E-state index contributed by atoms with van der Waals surface area (Å²) in [7, 11) is 0. The first kappa shape index (κ1) is 12.8. The largest absolute Gasteiger partial charge is 0.289 e. The Morgan fingerprint density at radius 1 is 1.17 bits per heavy atom. The van der Waals surface area contributed by atoms with Crippen molar-refractivity contribution in [2.75, 3.05) is 0 Å². The van der Waals surface area contributed by atoms with Crippen molar-refractivity contribution in [3.63, 3.8) is 0 Å². The van der Waals surface area contributed by atoms with Crippen LogP contribution in [0.3, 0.4) is 0 Å². The van der Waals surface area contributed by atoms with Crippen molar-refractivity contribution in [2.24, 2.45) is 0 Å². The molecule has 2 aromatic rings. The van der Waals surface area contributed by atoms with E-state index in [-0.39, 0.29) is 5.78 Å². The Kier molecular flexibility index (Phi) is 4.11. The van der Waals surface area contributed by atoms with Gasteiger partial charge in [-0.3, -0.25) is 4.79 Å². The average molecular weight is 260 g/mol. The van der Waals surface area contributed by atoms with E-state index >= 15 is 0 Å². The third-order valence-corrected chi connectivity index (χ3v) is 2.85. The fraction of sp³-hybridized carbons (Fsp3) is 0.200. The van der Waals surface area contributed by atoms with E-state index in [9.17, 15) is 4.79 Å². The maximum atomic E-state index is 12.3. The van der Waals surface area contributed by atoms with E-state index in [1.54, 1.807) is 18.2 Å². The smallest absolute Gasteiger partial charge is 0.193 e. The highest BCUT2D eigenvalue weighted by Gasteiger charge is 2.11. The summed E-state index contributed by atoms with van der Waals surface area (Å²) in [5.41, 5.74) is 2.14. The minimum atomic E-state index is -0.0164. The number of aryl methyl sites for hydroxylation is 1. The van der Waals surface area contributed by atoms with Gasteiger partial charge >= 0.3 is 0 Å². The van der Waals surface area contributed by atoms with E-state index < -0.39 is 0 Å². The number of hydrogen-bond donors (Lipinski definition) is 0. The zero-order valence-corrected chi connectivity index (χ0v) is 10.9. The fourth-order valence-electron chi connectivity index (χ4n) is 1.82. The lowest BCUT2D eigenvalue weighted by Gasteiger charge is -2.05. The van der Waals surface area contributed by atoms with Crippen molar-refractivity contribution >= 4 is 17.4 Å². The molecule has 0 aliphatic carbocycles. The van der Waals surface area contributed by atoms with E-state index in [4.69, 9.17) is 11.6 Å². The van der Waals surface area contributed by atoms with Crippen LogP contribution in [0.2, 0.25) is 5.15 Å². The van der Waals surface area contributed by atoms with Gasteiger partial charge in [0.2, 0.25) is 0 Å². The van der Waals surface area contributed by atoms with Crippen LogP contribution in [0.15, 0.2) is 42.5 Å². The van der Waals surface area contributed by atoms with Crippen LogP contribution in [0, 0.1) is 0 Å². The van der Waals surface area contributed by atoms with Crippen LogP contribution in [0.4, 0.5) is 0 Å². The molecule has 0 saturated carbocycles. The predicted molar refractivity (Wildman–Crippen MR) is 73.1 cm³/mol. The van der Waals surface area contributed by atoms with E-state index in [0.717, 1.165) is 18.5 Å². The number of ketones is 1. The van der Waals surface area contributed by atoms with Gasteiger partial charge in [0, 0.05) is 16.8 Å². The fourth-order valence-corrected chi connectivity index (χ4v) is 2.05. The summed E-state index contributed by atoms with van der Waals surface area (Å²) < 4.78 is 0. The van der Waals surface area contributed by atoms with Crippen LogP contribution in [0.1, 0.15) is 35.0 Å². The Morgan fingerprint density at radius 2 is 1.89 bits per heavy atom. The summed E-state index contributed by atoms with van der Waals surface area (Å²) >= 11 is 5.95. The molecule has 0 spiro atoms. The molecule has 0 atom stereocenters. The highest BCUT2D eigenvalue weighted by atomic mass is 35.5.